The van der Waals surface area contributed by atoms with Gasteiger partial charge in [0.05, 0.1) is 10.7 Å². The molecule has 114 valence electrons. The summed E-state index contributed by atoms with van der Waals surface area (Å²) in [6.45, 7) is 10.1. The van der Waals surface area contributed by atoms with Gasteiger partial charge in [-0.25, -0.2) is 4.98 Å². The maximum Gasteiger partial charge on any atom is 0.0946 e. The zero-order valence-corrected chi connectivity index (χ0v) is 14.4. The SMILES string of the molecule is CCCNC(Cc1nc(C)c(C)s1)C1CCCC(C)C1. The van der Waals surface area contributed by atoms with E-state index in [2.05, 4.69) is 33.0 Å². The van der Waals surface area contributed by atoms with Gasteiger partial charge in [0, 0.05) is 17.3 Å². The van der Waals surface area contributed by atoms with Crippen molar-refractivity contribution in [2.24, 2.45) is 11.8 Å². The van der Waals surface area contributed by atoms with E-state index in [9.17, 15) is 0 Å². The van der Waals surface area contributed by atoms with E-state index in [0.29, 0.717) is 6.04 Å². The van der Waals surface area contributed by atoms with Crippen LogP contribution in [0, 0.1) is 25.7 Å². The van der Waals surface area contributed by atoms with E-state index in [-0.39, 0.29) is 0 Å². The van der Waals surface area contributed by atoms with Crippen molar-refractivity contribution in [1.82, 2.24) is 10.3 Å². The van der Waals surface area contributed by atoms with E-state index in [0.717, 1.165) is 24.8 Å². The summed E-state index contributed by atoms with van der Waals surface area (Å²) in [5.41, 5.74) is 1.22. The molecule has 0 spiro atoms. The largest absolute Gasteiger partial charge is 0.313 e. The molecule has 3 unspecified atom stereocenters. The summed E-state index contributed by atoms with van der Waals surface area (Å²) in [6.07, 6.45) is 7.96. The third kappa shape index (κ3) is 4.29. The Hall–Kier alpha value is -0.410. The monoisotopic (exact) mass is 294 g/mol. The molecule has 1 aliphatic rings. The normalized spacial score (nSPS) is 24.8. The van der Waals surface area contributed by atoms with Crippen molar-refractivity contribution < 1.29 is 0 Å². The molecule has 20 heavy (non-hydrogen) atoms. The highest BCUT2D eigenvalue weighted by molar-refractivity contribution is 7.11. The van der Waals surface area contributed by atoms with Gasteiger partial charge in [0.2, 0.25) is 0 Å². The van der Waals surface area contributed by atoms with Crippen molar-refractivity contribution >= 4 is 11.3 Å². The lowest BCUT2D eigenvalue weighted by molar-refractivity contribution is 0.221. The fraction of sp³-hybridized carbons (Fsp3) is 0.824. The van der Waals surface area contributed by atoms with E-state index >= 15 is 0 Å². The van der Waals surface area contributed by atoms with E-state index in [4.69, 9.17) is 4.98 Å². The standard InChI is InChI=1S/C17H30N2S/c1-5-9-18-16(15-8-6-7-12(2)10-15)11-17-19-13(3)14(4)20-17/h12,15-16,18H,5-11H2,1-4H3. The van der Waals surface area contributed by atoms with Crippen LogP contribution in [0.4, 0.5) is 0 Å². The zero-order valence-electron chi connectivity index (χ0n) is 13.5. The Balaban J connectivity index is 2.02. The maximum atomic E-state index is 4.75. The zero-order chi connectivity index (χ0) is 14.5. The van der Waals surface area contributed by atoms with Crippen molar-refractivity contribution in [1.29, 1.82) is 0 Å². The van der Waals surface area contributed by atoms with Gasteiger partial charge in [-0.05, 0) is 51.5 Å². The highest BCUT2D eigenvalue weighted by Gasteiger charge is 2.27. The van der Waals surface area contributed by atoms with Crippen LogP contribution in [0.15, 0.2) is 0 Å². The second kappa shape index (κ2) is 7.56. The minimum absolute atomic E-state index is 0.627. The average molecular weight is 295 g/mol. The quantitative estimate of drug-likeness (QED) is 0.835. The van der Waals surface area contributed by atoms with Gasteiger partial charge in [-0.1, -0.05) is 26.7 Å². The summed E-state index contributed by atoms with van der Waals surface area (Å²) < 4.78 is 0. The van der Waals surface area contributed by atoms with Gasteiger partial charge in [0.15, 0.2) is 0 Å². The number of aryl methyl sites for hydroxylation is 2. The van der Waals surface area contributed by atoms with E-state index < -0.39 is 0 Å². The molecule has 0 bridgehead atoms. The first-order valence-electron chi connectivity index (χ1n) is 8.26. The fourth-order valence-electron chi connectivity index (χ4n) is 3.40. The maximum absolute atomic E-state index is 4.75. The van der Waals surface area contributed by atoms with Crippen LogP contribution < -0.4 is 5.32 Å². The molecule has 1 saturated carbocycles. The van der Waals surface area contributed by atoms with Gasteiger partial charge >= 0.3 is 0 Å². The smallest absolute Gasteiger partial charge is 0.0946 e. The van der Waals surface area contributed by atoms with Crippen LogP contribution in [0.3, 0.4) is 0 Å². The lowest BCUT2D eigenvalue weighted by Crippen LogP contribution is -2.40. The van der Waals surface area contributed by atoms with Crippen LogP contribution in [0.1, 0.15) is 61.5 Å². The van der Waals surface area contributed by atoms with Crippen molar-refractivity contribution in [2.75, 3.05) is 6.54 Å². The number of rotatable bonds is 6. The van der Waals surface area contributed by atoms with Crippen LogP contribution in [-0.4, -0.2) is 17.6 Å². The second-order valence-electron chi connectivity index (χ2n) is 6.55. The number of nitrogens with zero attached hydrogens (tertiary/aromatic N) is 1. The van der Waals surface area contributed by atoms with Crippen LogP contribution in [0.2, 0.25) is 0 Å². The number of aromatic nitrogens is 1. The van der Waals surface area contributed by atoms with Gasteiger partial charge in [-0.3, -0.25) is 0 Å². The summed E-state index contributed by atoms with van der Waals surface area (Å²) in [4.78, 5) is 6.13. The van der Waals surface area contributed by atoms with Gasteiger partial charge in [-0.2, -0.15) is 0 Å². The predicted molar refractivity (Wildman–Crippen MR) is 88.5 cm³/mol. The molecule has 1 heterocycles. The van der Waals surface area contributed by atoms with Crippen LogP contribution in [0.5, 0.6) is 0 Å². The minimum Gasteiger partial charge on any atom is -0.313 e. The fourth-order valence-corrected chi connectivity index (χ4v) is 4.39. The van der Waals surface area contributed by atoms with Crippen LogP contribution >= 0.6 is 11.3 Å². The molecule has 3 heteroatoms. The van der Waals surface area contributed by atoms with E-state index in [1.807, 2.05) is 11.3 Å². The third-order valence-electron chi connectivity index (χ3n) is 4.67. The summed E-state index contributed by atoms with van der Waals surface area (Å²) in [5, 5.41) is 5.13. The van der Waals surface area contributed by atoms with E-state index in [1.165, 1.54) is 47.7 Å². The molecule has 1 aromatic rings. The average Bonchev–Trinajstić information content (AvgIpc) is 2.73. The first-order chi connectivity index (χ1) is 9.60. The third-order valence-corrected chi connectivity index (χ3v) is 5.77. The first kappa shape index (κ1) is 16.0. The number of hydrogen-bond donors (Lipinski definition) is 1. The van der Waals surface area contributed by atoms with Crippen molar-refractivity contribution in [2.45, 2.75) is 72.3 Å². The lowest BCUT2D eigenvalue weighted by Gasteiger charge is -2.33. The Kier molecular flexibility index (Phi) is 6.03. The number of hydrogen-bond acceptors (Lipinski definition) is 3. The Morgan fingerprint density at radius 3 is 2.75 bits per heavy atom. The molecular weight excluding hydrogens is 264 g/mol. The van der Waals surface area contributed by atoms with Crippen LogP contribution in [0.25, 0.3) is 0 Å². The van der Waals surface area contributed by atoms with Crippen molar-refractivity contribution in [3.05, 3.63) is 15.6 Å². The second-order valence-corrected chi connectivity index (χ2v) is 7.83. The van der Waals surface area contributed by atoms with Gasteiger partial charge in [0.1, 0.15) is 0 Å². The van der Waals surface area contributed by atoms with Gasteiger partial charge in [-0.15, -0.1) is 11.3 Å². The summed E-state index contributed by atoms with van der Waals surface area (Å²) in [7, 11) is 0. The number of thiazole rings is 1. The molecular formula is C17H30N2S. The topological polar surface area (TPSA) is 24.9 Å². The minimum atomic E-state index is 0.627. The molecule has 0 aliphatic heterocycles. The molecule has 2 nitrogen and oxygen atoms in total. The molecule has 0 radical (unpaired) electrons. The molecule has 1 aliphatic carbocycles. The molecule has 0 saturated heterocycles. The summed E-state index contributed by atoms with van der Waals surface area (Å²) in [5.74, 6) is 1.74. The highest BCUT2D eigenvalue weighted by Crippen LogP contribution is 2.32. The first-order valence-corrected chi connectivity index (χ1v) is 9.08. The molecule has 2 rings (SSSR count). The summed E-state index contributed by atoms with van der Waals surface area (Å²) in [6, 6.07) is 0.627. The van der Waals surface area contributed by atoms with Crippen LogP contribution in [-0.2, 0) is 6.42 Å². The van der Waals surface area contributed by atoms with Crippen molar-refractivity contribution in [3.63, 3.8) is 0 Å². The van der Waals surface area contributed by atoms with Crippen molar-refractivity contribution in [3.8, 4) is 0 Å². The van der Waals surface area contributed by atoms with E-state index in [1.54, 1.807) is 0 Å². The summed E-state index contributed by atoms with van der Waals surface area (Å²) >= 11 is 1.89. The van der Waals surface area contributed by atoms with Gasteiger partial charge in [0.25, 0.3) is 0 Å². The predicted octanol–water partition coefficient (Wildman–Crippen LogP) is 4.50. The molecule has 0 aromatic carbocycles. The van der Waals surface area contributed by atoms with Gasteiger partial charge < -0.3 is 5.32 Å². The molecule has 3 atom stereocenters. The molecule has 1 fully saturated rings. The Morgan fingerprint density at radius 1 is 1.35 bits per heavy atom. The Labute approximate surface area is 128 Å². The number of nitrogens with one attached hydrogen (secondary N) is 1. The lowest BCUT2D eigenvalue weighted by atomic mass is 9.78. The highest BCUT2D eigenvalue weighted by atomic mass is 32.1. The molecule has 1 N–H and O–H groups in total. The Morgan fingerprint density at radius 2 is 2.15 bits per heavy atom. The Bertz CT molecular complexity index is 394. The molecule has 0 amide bonds. The molecule has 1 aromatic heterocycles.